The van der Waals surface area contributed by atoms with E-state index in [1.54, 1.807) is 25.1 Å². The van der Waals surface area contributed by atoms with Gasteiger partial charge in [0.2, 0.25) is 5.91 Å². The molecule has 3 N–H and O–H groups in total. The average Bonchev–Trinajstić information content (AvgIpc) is 2.51. The fraction of sp³-hybridized carbons (Fsp3) is 0.167. The molecule has 0 atom stereocenters. The van der Waals surface area contributed by atoms with E-state index < -0.39 is 11.9 Å². The van der Waals surface area contributed by atoms with Crippen molar-refractivity contribution in [3.05, 3.63) is 34.5 Å². The normalized spacial score (nSPS) is 10.8. The van der Waals surface area contributed by atoms with Gasteiger partial charge in [0.15, 0.2) is 0 Å². The minimum atomic E-state index is -1.10. The summed E-state index contributed by atoms with van der Waals surface area (Å²) in [7, 11) is 0. The van der Waals surface area contributed by atoms with Crippen molar-refractivity contribution < 1.29 is 14.7 Å². The maximum absolute atomic E-state index is 11.3. The smallest absolute Gasteiger partial charge is 0.352 e. The van der Waals surface area contributed by atoms with Crippen LogP contribution in [0.25, 0.3) is 10.9 Å². The third-order valence-electron chi connectivity index (χ3n) is 2.80. The highest BCUT2D eigenvalue weighted by Crippen LogP contribution is 2.28. The molecule has 2 rings (SSSR count). The van der Waals surface area contributed by atoms with Gasteiger partial charge in [0.25, 0.3) is 0 Å². The Bertz CT molecular complexity index is 661. The number of fused-ring (bicyclic) bond motifs is 1. The molecule has 0 fully saturated rings. The minimum absolute atomic E-state index is 0.0612. The lowest BCUT2D eigenvalue weighted by atomic mass is 10.1. The fourth-order valence-corrected chi connectivity index (χ4v) is 2.26. The molecule has 0 bridgehead atoms. The van der Waals surface area contributed by atoms with E-state index in [1.165, 1.54) is 4.57 Å². The summed E-state index contributed by atoms with van der Waals surface area (Å²) in [4.78, 5) is 22.3. The van der Waals surface area contributed by atoms with E-state index in [-0.39, 0.29) is 12.2 Å². The Morgan fingerprint density at radius 1 is 1.44 bits per heavy atom. The maximum Gasteiger partial charge on any atom is 0.352 e. The van der Waals surface area contributed by atoms with Gasteiger partial charge in [0.05, 0.1) is 0 Å². The van der Waals surface area contributed by atoms with Crippen molar-refractivity contribution in [2.75, 3.05) is 0 Å². The third-order valence-corrected chi connectivity index (χ3v) is 3.03. The van der Waals surface area contributed by atoms with Gasteiger partial charge in [0, 0.05) is 15.9 Å². The zero-order valence-corrected chi connectivity index (χ0v) is 10.4. The number of halogens is 1. The van der Waals surface area contributed by atoms with Crippen LogP contribution in [0.3, 0.4) is 0 Å². The average molecular weight is 267 g/mol. The molecule has 2 aromatic rings. The lowest BCUT2D eigenvalue weighted by molar-refractivity contribution is -0.118. The number of aryl methyl sites for hydroxylation is 1. The first kappa shape index (κ1) is 12.4. The number of nitrogens with two attached hydrogens (primary N) is 1. The van der Waals surface area contributed by atoms with Crippen molar-refractivity contribution in [1.29, 1.82) is 0 Å². The summed E-state index contributed by atoms with van der Waals surface area (Å²) in [6, 6.07) is 5.00. The molecule has 94 valence electrons. The molecule has 1 aromatic heterocycles. The first-order valence-corrected chi connectivity index (χ1v) is 5.59. The summed E-state index contributed by atoms with van der Waals surface area (Å²) in [6.45, 7) is 1.51. The Morgan fingerprint density at radius 3 is 2.67 bits per heavy atom. The Balaban J connectivity index is 2.83. The second kappa shape index (κ2) is 4.34. The number of aromatic carboxylic acids is 1. The summed E-state index contributed by atoms with van der Waals surface area (Å²) >= 11 is 5.89. The number of carbonyl (C=O) groups is 2. The summed E-state index contributed by atoms with van der Waals surface area (Å²) in [5.41, 5.74) is 6.41. The molecule has 0 unspecified atom stereocenters. The van der Waals surface area contributed by atoms with E-state index >= 15 is 0 Å². The number of nitrogens with zero attached hydrogens (tertiary/aromatic N) is 1. The molecular formula is C12H11ClN2O3. The second-order valence-corrected chi connectivity index (χ2v) is 4.43. The molecule has 0 aliphatic heterocycles. The van der Waals surface area contributed by atoms with E-state index in [0.717, 1.165) is 0 Å². The molecule has 1 aromatic carbocycles. The molecule has 1 heterocycles. The van der Waals surface area contributed by atoms with Gasteiger partial charge in [-0.1, -0.05) is 11.6 Å². The number of carbonyl (C=O) groups excluding carboxylic acids is 1. The Kier molecular flexibility index (Phi) is 3.00. The van der Waals surface area contributed by atoms with Crippen LogP contribution in [0.2, 0.25) is 5.02 Å². The van der Waals surface area contributed by atoms with Crippen molar-refractivity contribution in [2.24, 2.45) is 5.73 Å². The van der Waals surface area contributed by atoms with Crippen molar-refractivity contribution in [3.8, 4) is 0 Å². The highest BCUT2D eigenvalue weighted by Gasteiger charge is 2.20. The van der Waals surface area contributed by atoms with Crippen LogP contribution in [-0.2, 0) is 11.3 Å². The lowest BCUT2D eigenvalue weighted by Crippen LogP contribution is -2.21. The second-order valence-electron chi connectivity index (χ2n) is 3.99. The first-order valence-electron chi connectivity index (χ1n) is 5.21. The van der Waals surface area contributed by atoms with E-state index in [2.05, 4.69) is 0 Å². The van der Waals surface area contributed by atoms with Crippen molar-refractivity contribution in [1.82, 2.24) is 4.57 Å². The molecule has 0 saturated heterocycles. The van der Waals surface area contributed by atoms with E-state index in [4.69, 9.17) is 17.3 Å². The SMILES string of the molecule is Cc1c(C(=O)O)n(CC(N)=O)c2ccc(Cl)cc12. The number of carboxylic acids is 1. The number of hydrogen-bond acceptors (Lipinski definition) is 2. The van der Waals surface area contributed by atoms with Crippen LogP contribution in [-0.4, -0.2) is 21.6 Å². The van der Waals surface area contributed by atoms with Gasteiger partial charge in [-0.25, -0.2) is 4.79 Å². The Morgan fingerprint density at radius 2 is 2.11 bits per heavy atom. The molecular weight excluding hydrogens is 256 g/mol. The molecule has 0 aliphatic carbocycles. The largest absolute Gasteiger partial charge is 0.477 e. The zero-order valence-electron chi connectivity index (χ0n) is 9.61. The molecule has 1 amide bonds. The van der Waals surface area contributed by atoms with Gasteiger partial charge >= 0.3 is 5.97 Å². The topological polar surface area (TPSA) is 85.3 Å². The molecule has 18 heavy (non-hydrogen) atoms. The van der Waals surface area contributed by atoms with Gasteiger partial charge in [-0.15, -0.1) is 0 Å². The van der Waals surface area contributed by atoms with Gasteiger partial charge < -0.3 is 15.4 Å². The number of amides is 1. The first-order chi connectivity index (χ1) is 8.41. The quantitative estimate of drug-likeness (QED) is 0.888. The van der Waals surface area contributed by atoms with Gasteiger partial charge in [-0.05, 0) is 30.7 Å². The van der Waals surface area contributed by atoms with Crippen LogP contribution in [0.4, 0.5) is 0 Å². The van der Waals surface area contributed by atoms with Gasteiger partial charge in [-0.3, -0.25) is 4.79 Å². The monoisotopic (exact) mass is 266 g/mol. The predicted molar refractivity (Wildman–Crippen MR) is 67.8 cm³/mol. The van der Waals surface area contributed by atoms with Crippen LogP contribution in [0.15, 0.2) is 18.2 Å². The summed E-state index contributed by atoms with van der Waals surface area (Å²) in [5, 5.41) is 10.4. The number of benzene rings is 1. The molecule has 6 heteroatoms. The molecule has 0 spiro atoms. The van der Waals surface area contributed by atoms with Crippen LogP contribution in [0.5, 0.6) is 0 Å². The van der Waals surface area contributed by atoms with Crippen molar-refractivity contribution >= 4 is 34.4 Å². The fourth-order valence-electron chi connectivity index (χ4n) is 2.09. The molecule has 0 saturated carbocycles. The highest BCUT2D eigenvalue weighted by atomic mass is 35.5. The number of primary amides is 1. The van der Waals surface area contributed by atoms with Crippen molar-refractivity contribution in [3.63, 3.8) is 0 Å². The Hall–Kier alpha value is -2.01. The molecule has 5 nitrogen and oxygen atoms in total. The molecule has 0 aliphatic rings. The number of rotatable bonds is 3. The van der Waals surface area contributed by atoms with Crippen LogP contribution < -0.4 is 5.73 Å². The van der Waals surface area contributed by atoms with E-state index in [1.807, 2.05) is 0 Å². The maximum atomic E-state index is 11.3. The van der Waals surface area contributed by atoms with Crippen LogP contribution >= 0.6 is 11.6 Å². The number of hydrogen-bond donors (Lipinski definition) is 2. The standard InChI is InChI=1S/C12H11ClN2O3/c1-6-8-4-7(13)2-3-9(8)15(5-10(14)16)11(6)12(17)18/h2-4H,5H2,1H3,(H2,14,16)(H,17,18). The lowest BCUT2D eigenvalue weighted by Gasteiger charge is -2.05. The van der Waals surface area contributed by atoms with Crippen molar-refractivity contribution in [2.45, 2.75) is 13.5 Å². The predicted octanol–water partition coefficient (Wildman–Crippen LogP) is 1.79. The van der Waals surface area contributed by atoms with E-state index in [9.17, 15) is 14.7 Å². The third kappa shape index (κ3) is 1.93. The summed E-state index contributed by atoms with van der Waals surface area (Å²) < 4.78 is 1.39. The van der Waals surface area contributed by atoms with E-state index in [0.29, 0.717) is 21.5 Å². The summed E-state index contributed by atoms with van der Waals surface area (Å²) in [6.07, 6.45) is 0. The number of aromatic nitrogens is 1. The van der Waals surface area contributed by atoms with Crippen LogP contribution in [0, 0.1) is 6.92 Å². The molecule has 0 radical (unpaired) electrons. The zero-order chi connectivity index (χ0) is 13.4. The van der Waals surface area contributed by atoms with Gasteiger partial charge in [0.1, 0.15) is 12.2 Å². The number of carboxylic acid groups (broad SMARTS) is 1. The van der Waals surface area contributed by atoms with Gasteiger partial charge in [-0.2, -0.15) is 0 Å². The minimum Gasteiger partial charge on any atom is -0.477 e. The van der Waals surface area contributed by atoms with Crippen LogP contribution in [0.1, 0.15) is 16.1 Å². The Labute approximate surface area is 108 Å². The highest BCUT2D eigenvalue weighted by molar-refractivity contribution is 6.31. The summed E-state index contributed by atoms with van der Waals surface area (Å²) in [5.74, 6) is -1.69.